The zero-order chi connectivity index (χ0) is 13.0. The van der Waals surface area contributed by atoms with Crippen molar-refractivity contribution in [1.82, 2.24) is 0 Å². The van der Waals surface area contributed by atoms with Gasteiger partial charge in [0.2, 0.25) is 0 Å². The molecule has 0 unspecified atom stereocenters. The molecule has 0 aliphatic carbocycles. The number of hydrogen-bond acceptors (Lipinski definition) is 4. The number of aromatic hydroxyl groups is 1. The van der Waals surface area contributed by atoms with Crippen molar-refractivity contribution in [2.45, 2.75) is 0 Å². The van der Waals surface area contributed by atoms with Crippen molar-refractivity contribution in [1.29, 1.82) is 0 Å². The summed E-state index contributed by atoms with van der Waals surface area (Å²) in [4.78, 5) is 0. The van der Waals surface area contributed by atoms with Crippen molar-refractivity contribution in [3.05, 3.63) is 59.7 Å². The van der Waals surface area contributed by atoms with E-state index in [0.717, 1.165) is 5.56 Å². The van der Waals surface area contributed by atoms with Crippen LogP contribution in [0.5, 0.6) is 11.5 Å². The standard InChI is InChI=1S/C14H13NO3/c1-18-11-7-8-12(13(16)9-11)14(15-17)10-5-3-2-4-6-10/h2-9,16-17H,1H3. The Bertz CT molecular complexity index is 565. The summed E-state index contributed by atoms with van der Waals surface area (Å²) in [6.45, 7) is 0. The van der Waals surface area contributed by atoms with Gasteiger partial charge in [-0.1, -0.05) is 35.5 Å². The van der Waals surface area contributed by atoms with E-state index in [2.05, 4.69) is 5.16 Å². The number of methoxy groups -OCH3 is 1. The second-order valence-corrected chi connectivity index (χ2v) is 3.70. The summed E-state index contributed by atoms with van der Waals surface area (Å²) in [6, 6.07) is 14.0. The summed E-state index contributed by atoms with van der Waals surface area (Å²) in [7, 11) is 1.52. The number of benzene rings is 2. The minimum absolute atomic E-state index is 0.00556. The number of nitrogens with zero attached hydrogens (tertiary/aromatic N) is 1. The van der Waals surface area contributed by atoms with Crippen molar-refractivity contribution in [2.75, 3.05) is 7.11 Å². The van der Waals surface area contributed by atoms with Gasteiger partial charge in [0.15, 0.2) is 0 Å². The lowest BCUT2D eigenvalue weighted by Crippen LogP contribution is -2.03. The third-order valence-corrected chi connectivity index (χ3v) is 2.61. The second-order valence-electron chi connectivity index (χ2n) is 3.70. The molecular formula is C14H13NO3. The molecule has 0 spiro atoms. The van der Waals surface area contributed by atoms with Crippen LogP contribution < -0.4 is 4.74 Å². The molecule has 0 heterocycles. The van der Waals surface area contributed by atoms with Gasteiger partial charge in [0.05, 0.1) is 7.11 Å². The van der Waals surface area contributed by atoms with Crippen LogP contribution in [0.4, 0.5) is 0 Å². The Morgan fingerprint density at radius 2 is 1.83 bits per heavy atom. The van der Waals surface area contributed by atoms with Crippen molar-refractivity contribution >= 4 is 5.71 Å². The normalized spacial score (nSPS) is 11.3. The van der Waals surface area contributed by atoms with Crippen LogP contribution in [0.3, 0.4) is 0 Å². The van der Waals surface area contributed by atoms with Gasteiger partial charge in [0.1, 0.15) is 17.2 Å². The van der Waals surface area contributed by atoms with Crippen LogP contribution in [0, 0.1) is 0 Å². The van der Waals surface area contributed by atoms with E-state index in [9.17, 15) is 5.11 Å². The van der Waals surface area contributed by atoms with Crippen molar-refractivity contribution < 1.29 is 15.1 Å². The maximum absolute atomic E-state index is 9.91. The molecule has 4 nitrogen and oxygen atoms in total. The molecule has 0 radical (unpaired) electrons. The SMILES string of the molecule is COc1ccc(C(=NO)c2ccccc2)c(O)c1. The first kappa shape index (κ1) is 12.0. The van der Waals surface area contributed by atoms with Crippen LogP contribution in [0.2, 0.25) is 0 Å². The van der Waals surface area contributed by atoms with Crippen LogP contribution in [-0.2, 0) is 0 Å². The van der Waals surface area contributed by atoms with Crippen LogP contribution in [-0.4, -0.2) is 23.1 Å². The zero-order valence-corrected chi connectivity index (χ0v) is 9.87. The van der Waals surface area contributed by atoms with Gasteiger partial charge in [-0.05, 0) is 12.1 Å². The summed E-state index contributed by atoms with van der Waals surface area (Å²) < 4.78 is 5.01. The lowest BCUT2D eigenvalue weighted by molar-refractivity contribution is 0.319. The van der Waals surface area contributed by atoms with Crippen molar-refractivity contribution in [3.63, 3.8) is 0 Å². The second kappa shape index (κ2) is 5.23. The van der Waals surface area contributed by atoms with E-state index in [4.69, 9.17) is 9.94 Å². The predicted octanol–water partition coefficient (Wildman–Crippen LogP) is 2.63. The van der Waals surface area contributed by atoms with Crippen molar-refractivity contribution in [2.24, 2.45) is 5.16 Å². The van der Waals surface area contributed by atoms with Gasteiger partial charge >= 0.3 is 0 Å². The molecule has 4 heteroatoms. The molecule has 2 rings (SSSR count). The lowest BCUT2D eigenvalue weighted by atomic mass is 10.0. The zero-order valence-electron chi connectivity index (χ0n) is 9.87. The van der Waals surface area contributed by atoms with Crippen LogP contribution in [0.25, 0.3) is 0 Å². The smallest absolute Gasteiger partial charge is 0.128 e. The summed E-state index contributed by atoms with van der Waals surface area (Å²) in [6.07, 6.45) is 0. The fraction of sp³-hybridized carbons (Fsp3) is 0.0714. The van der Waals surface area contributed by atoms with Crippen LogP contribution in [0.15, 0.2) is 53.7 Å². The predicted molar refractivity (Wildman–Crippen MR) is 68.5 cm³/mol. The average Bonchev–Trinajstić information content (AvgIpc) is 2.42. The highest BCUT2D eigenvalue weighted by molar-refractivity contribution is 6.14. The average molecular weight is 243 g/mol. The Hall–Kier alpha value is -2.49. The Morgan fingerprint density at radius 1 is 1.11 bits per heavy atom. The molecule has 0 atom stereocenters. The fourth-order valence-corrected chi connectivity index (χ4v) is 1.70. The maximum Gasteiger partial charge on any atom is 0.128 e. The third-order valence-electron chi connectivity index (χ3n) is 2.61. The summed E-state index contributed by atoms with van der Waals surface area (Å²) >= 11 is 0. The number of phenolic OH excluding ortho intramolecular Hbond substituents is 1. The van der Waals surface area contributed by atoms with E-state index in [0.29, 0.717) is 17.0 Å². The van der Waals surface area contributed by atoms with E-state index < -0.39 is 0 Å². The van der Waals surface area contributed by atoms with Gasteiger partial charge in [-0.25, -0.2) is 0 Å². The first-order valence-corrected chi connectivity index (χ1v) is 5.41. The molecule has 0 aliphatic rings. The minimum atomic E-state index is 0.00556. The van der Waals surface area contributed by atoms with Gasteiger partial charge in [-0.15, -0.1) is 0 Å². The Kier molecular flexibility index (Phi) is 3.48. The summed E-state index contributed by atoms with van der Waals surface area (Å²) in [5.74, 6) is 0.549. The summed E-state index contributed by atoms with van der Waals surface area (Å²) in [5.41, 5.74) is 1.49. The summed E-state index contributed by atoms with van der Waals surface area (Å²) in [5, 5.41) is 22.3. The first-order chi connectivity index (χ1) is 8.76. The Morgan fingerprint density at radius 3 is 2.39 bits per heavy atom. The minimum Gasteiger partial charge on any atom is -0.507 e. The number of phenols is 1. The van der Waals surface area contributed by atoms with Crippen LogP contribution >= 0.6 is 0 Å². The Labute approximate surface area is 105 Å². The first-order valence-electron chi connectivity index (χ1n) is 5.41. The number of hydrogen-bond donors (Lipinski definition) is 2. The molecule has 0 amide bonds. The van der Waals surface area contributed by atoms with E-state index >= 15 is 0 Å². The molecule has 18 heavy (non-hydrogen) atoms. The molecule has 2 aromatic rings. The highest BCUT2D eigenvalue weighted by Crippen LogP contribution is 2.26. The van der Waals surface area contributed by atoms with Gasteiger partial charge < -0.3 is 15.1 Å². The third kappa shape index (κ3) is 2.27. The van der Waals surface area contributed by atoms with Crippen molar-refractivity contribution in [3.8, 4) is 11.5 Å². The Balaban J connectivity index is 2.47. The molecular weight excluding hydrogens is 230 g/mol. The van der Waals surface area contributed by atoms with Crippen LogP contribution in [0.1, 0.15) is 11.1 Å². The molecule has 2 N–H and O–H groups in total. The molecule has 0 aliphatic heterocycles. The van der Waals surface area contributed by atoms with E-state index in [1.54, 1.807) is 24.3 Å². The number of ether oxygens (including phenoxy) is 1. The van der Waals surface area contributed by atoms with Gasteiger partial charge in [0.25, 0.3) is 0 Å². The topological polar surface area (TPSA) is 62.0 Å². The molecule has 0 aromatic heterocycles. The van der Waals surface area contributed by atoms with Gasteiger partial charge in [-0.3, -0.25) is 0 Å². The monoisotopic (exact) mass is 243 g/mol. The highest BCUT2D eigenvalue weighted by Gasteiger charge is 2.12. The quantitative estimate of drug-likeness (QED) is 0.495. The molecule has 0 saturated carbocycles. The van der Waals surface area contributed by atoms with Gasteiger partial charge in [-0.2, -0.15) is 0 Å². The molecule has 92 valence electrons. The van der Waals surface area contributed by atoms with E-state index in [1.165, 1.54) is 13.2 Å². The molecule has 2 aromatic carbocycles. The van der Waals surface area contributed by atoms with E-state index in [1.807, 2.05) is 18.2 Å². The highest BCUT2D eigenvalue weighted by atomic mass is 16.5. The van der Waals surface area contributed by atoms with E-state index in [-0.39, 0.29) is 5.75 Å². The maximum atomic E-state index is 9.91. The molecule has 0 bridgehead atoms. The molecule has 0 fully saturated rings. The largest absolute Gasteiger partial charge is 0.507 e. The number of oxime groups is 1. The lowest BCUT2D eigenvalue weighted by Gasteiger charge is -2.08. The van der Waals surface area contributed by atoms with Gasteiger partial charge in [0, 0.05) is 17.2 Å². The molecule has 0 saturated heterocycles. The number of rotatable bonds is 3. The fourth-order valence-electron chi connectivity index (χ4n) is 1.70.